The second-order valence-electron chi connectivity index (χ2n) is 9.12. The highest BCUT2D eigenvalue weighted by molar-refractivity contribution is 5.99. The quantitative estimate of drug-likeness (QED) is 0.232. The maximum atomic E-state index is 13.3. The molecular formula is C28H36F3N3O2. The number of fused-ring (bicyclic) bond motifs is 1. The number of nitrogens with two attached hydrogens (primary N) is 1. The Hall–Kier alpha value is -3.00. The molecule has 2 aromatic carbocycles. The molecule has 3 N–H and O–H groups in total. The number of nitrogens with one attached hydrogen (secondary N) is 1. The maximum Gasteiger partial charge on any atom is 0.416 e. The van der Waals surface area contributed by atoms with Gasteiger partial charge in [-0.05, 0) is 69.5 Å². The Morgan fingerprint density at radius 2 is 1.89 bits per heavy atom. The number of alkyl halides is 3. The molecule has 3 rings (SSSR count). The van der Waals surface area contributed by atoms with E-state index in [2.05, 4.69) is 24.1 Å². The lowest BCUT2D eigenvalue weighted by molar-refractivity contribution is -0.137. The molecule has 5 nitrogen and oxygen atoms in total. The monoisotopic (exact) mass is 503 g/mol. The molecule has 0 aliphatic heterocycles. The first-order valence-corrected chi connectivity index (χ1v) is 12.6. The number of ether oxygens (including phenoxy) is 2. The number of halogens is 3. The minimum atomic E-state index is -4.47. The van der Waals surface area contributed by atoms with Crippen molar-refractivity contribution in [2.24, 2.45) is 5.73 Å². The average Bonchev–Trinajstić information content (AvgIpc) is 2.84. The first-order valence-electron chi connectivity index (χ1n) is 12.6. The molecule has 0 radical (unpaired) electrons. The molecule has 1 unspecified atom stereocenters. The van der Waals surface area contributed by atoms with Crippen molar-refractivity contribution in [1.29, 1.82) is 0 Å². The lowest BCUT2D eigenvalue weighted by Crippen LogP contribution is -2.17. The van der Waals surface area contributed by atoms with Gasteiger partial charge in [0.05, 0.1) is 28.8 Å². The summed E-state index contributed by atoms with van der Waals surface area (Å²) >= 11 is 0. The maximum absolute atomic E-state index is 13.3. The molecule has 0 bridgehead atoms. The minimum Gasteiger partial charge on any atom is -0.490 e. The third-order valence-electron chi connectivity index (χ3n) is 6.02. The number of pyridine rings is 1. The molecule has 1 atom stereocenters. The lowest BCUT2D eigenvalue weighted by Gasteiger charge is -2.21. The van der Waals surface area contributed by atoms with E-state index in [0.717, 1.165) is 61.9 Å². The molecule has 8 heteroatoms. The molecule has 1 aromatic heterocycles. The van der Waals surface area contributed by atoms with E-state index >= 15 is 0 Å². The zero-order valence-electron chi connectivity index (χ0n) is 21.3. The van der Waals surface area contributed by atoms with E-state index in [9.17, 15) is 13.2 Å². The molecule has 0 fully saturated rings. The Labute approximate surface area is 211 Å². The number of aryl methyl sites for hydroxylation is 1. The highest BCUT2D eigenvalue weighted by Gasteiger charge is 2.31. The number of benzene rings is 2. The molecule has 0 spiro atoms. The van der Waals surface area contributed by atoms with Crippen LogP contribution in [0.2, 0.25) is 0 Å². The Kier molecular flexibility index (Phi) is 9.81. The lowest BCUT2D eigenvalue weighted by atomic mass is 10.1. The van der Waals surface area contributed by atoms with Crippen molar-refractivity contribution in [3.63, 3.8) is 0 Å². The Morgan fingerprint density at radius 1 is 1.08 bits per heavy atom. The summed E-state index contributed by atoms with van der Waals surface area (Å²) in [5, 5.41) is 4.22. The third kappa shape index (κ3) is 7.26. The zero-order valence-corrected chi connectivity index (χ0v) is 21.3. The summed E-state index contributed by atoms with van der Waals surface area (Å²) in [6.07, 6.45) is 3.15. The summed E-state index contributed by atoms with van der Waals surface area (Å²) in [4.78, 5) is 4.59. The summed E-state index contributed by atoms with van der Waals surface area (Å²) in [5.74, 6) is 0.925. The number of anilines is 1. The van der Waals surface area contributed by atoms with E-state index in [4.69, 9.17) is 15.2 Å². The number of unbranched alkanes of at least 4 members (excludes halogenated alkanes) is 3. The van der Waals surface area contributed by atoms with Crippen molar-refractivity contribution in [2.45, 2.75) is 71.5 Å². The fourth-order valence-electron chi connectivity index (χ4n) is 4.08. The van der Waals surface area contributed by atoms with Crippen LogP contribution in [0.4, 0.5) is 18.9 Å². The average molecular weight is 504 g/mol. The summed E-state index contributed by atoms with van der Waals surface area (Å²) in [6, 6.07) is 8.73. The second-order valence-corrected chi connectivity index (χ2v) is 9.12. The van der Waals surface area contributed by atoms with Gasteiger partial charge >= 0.3 is 6.18 Å². The molecule has 3 aromatic rings. The molecule has 1 heterocycles. The Morgan fingerprint density at radius 3 is 2.61 bits per heavy atom. The fraction of sp³-hybridized carbons (Fsp3) is 0.464. The highest BCUT2D eigenvalue weighted by Crippen LogP contribution is 2.44. The van der Waals surface area contributed by atoms with Crippen molar-refractivity contribution >= 4 is 16.6 Å². The first kappa shape index (κ1) is 27.6. The largest absolute Gasteiger partial charge is 0.490 e. The van der Waals surface area contributed by atoms with Gasteiger partial charge in [0, 0.05) is 18.3 Å². The first-order chi connectivity index (χ1) is 17.2. The van der Waals surface area contributed by atoms with Crippen LogP contribution < -0.4 is 20.5 Å². The molecule has 0 saturated heterocycles. The van der Waals surface area contributed by atoms with Crippen LogP contribution in [0.1, 0.15) is 63.5 Å². The van der Waals surface area contributed by atoms with E-state index in [1.165, 1.54) is 12.1 Å². The van der Waals surface area contributed by atoms with Crippen molar-refractivity contribution in [3.8, 4) is 17.2 Å². The standard InChI is InChI=1S/C28H36F3N3O2/c1-4-5-6-7-16-35-24-18-23(34-20(3)10-9-14-32)26-25(19(2)13-15-33-26)27(24)36-22-12-8-11-21(17-22)28(29,30)31/h8,11-13,15,17-18,20,34H,4-7,9-10,14,16,32H2,1-3H3. The summed E-state index contributed by atoms with van der Waals surface area (Å²) in [5.41, 5.74) is 7.26. The van der Waals surface area contributed by atoms with E-state index in [1.54, 1.807) is 6.20 Å². The van der Waals surface area contributed by atoms with Gasteiger partial charge in [-0.2, -0.15) is 13.2 Å². The van der Waals surface area contributed by atoms with Gasteiger partial charge < -0.3 is 20.5 Å². The van der Waals surface area contributed by atoms with Gasteiger partial charge in [0.25, 0.3) is 0 Å². The number of hydrogen-bond donors (Lipinski definition) is 2. The van der Waals surface area contributed by atoms with E-state index in [-0.39, 0.29) is 11.8 Å². The van der Waals surface area contributed by atoms with E-state index in [1.807, 2.05) is 19.1 Å². The molecular weight excluding hydrogens is 467 g/mol. The topological polar surface area (TPSA) is 69.4 Å². The number of rotatable bonds is 13. The van der Waals surface area contributed by atoms with Crippen molar-refractivity contribution in [1.82, 2.24) is 4.98 Å². The molecule has 196 valence electrons. The van der Waals surface area contributed by atoms with Gasteiger partial charge in [-0.15, -0.1) is 0 Å². The summed E-state index contributed by atoms with van der Waals surface area (Å²) in [6.45, 7) is 7.24. The molecule has 0 aliphatic rings. The Bertz CT molecular complexity index is 1130. The summed E-state index contributed by atoms with van der Waals surface area (Å²) in [7, 11) is 0. The van der Waals surface area contributed by atoms with Gasteiger partial charge in [-0.3, -0.25) is 4.98 Å². The normalized spacial score (nSPS) is 12.5. The van der Waals surface area contributed by atoms with Gasteiger partial charge in [0.2, 0.25) is 0 Å². The van der Waals surface area contributed by atoms with Crippen molar-refractivity contribution in [3.05, 3.63) is 53.7 Å². The number of nitrogens with zero attached hydrogens (tertiary/aromatic N) is 1. The smallest absolute Gasteiger partial charge is 0.416 e. The number of hydrogen-bond acceptors (Lipinski definition) is 5. The van der Waals surface area contributed by atoms with Gasteiger partial charge in [0.15, 0.2) is 11.5 Å². The predicted octanol–water partition coefficient (Wildman–Crippen LogP) is 7.85. The van der Waals surface area contributed by atoms with Crippen molar-refractivity contribution in [2.75, 3.05) is 18.5 Å². The van der Waals surface area contributed by atoms with E-state index < -0.39 is 11.7 Å². The van der Waals surface area contributed by atoms with Crippen LogP contribution >= 0.6 is 0 Å². The molecule has 0 saturated carbocycles. The highest BCUT2D eigenvalue weighted by atomic mass is 19.4. The van der Waals surface area contributed by atoms with Crippen LogP contribution in [-0.2, 0) is 6.18 Å². The minimum absolute atomic E-state index is 0.0854. The zero-order chi connectivity index (χ0) is 26.1. The van der Waals surface area contributed by atoms with Crippen LogP contribution in [0.3, 0.4) is 0 Å². The second kappa shape index (κ2) is 12.8. The molecule has 36 heavy (non-hydrogen) atoms. The van der Waals surface area contributed by atoms with Crippen LogP contribution in [-0.4, -0.2) is 24.2 Å². The van der Waals surface area contributed by atoms with Crippen LogP contribution in [0.5, 0.6) is 17.2 Å². The van der Waals surface area contributed by atoms with E-state index in [0.29, 0.717) is 35.6 Å². The van der Waals surface area contributed by atoms with Gasteiger partial charge in [-0.25, -0.2) is 0 Å². The molecule has 0 aliphatic carbocycles. The SMILES string of the molecule is CCCCCCOc1cc(NC(C)CCCN)c2nccc(C)c2c1Oc1cccc(C(F)(F)F)c1. The number of aromatic nitrogens is 1. The predicted molar refractivity (Wildman–Crippen MR) is 139 cm³/mol. The molecule has 0 amide bonds. The fourth-order valence-corrected chi connectivity index (χ4v) is 4.08. The Balaban J connectivity index is 2.07. The van der Waals surface area contributed by atoms with Gasteiger partial charge in [0.1, 0.15) is 5.75 Å². The van der Waals surface area contributed by atoms with Crippen molar-refractivity contribution < 1.29 is 22.6 Å². The van der Waals surface area contributed by atoms with Crippen LogP contribution in [0.15, 0.2) is 42.6 Å². The van der Waals surface area contributed by atoms with Crippen LogP contribution in [0.25, 0.3) is 10.9 Å². The summed E-state index contributed by atoms with van der Waals surface area (Å²) < 4.78 is 52.3. The van der Waals surface area contributed by atoms with Gasteiger partial charge in [-0.1, -0.05) is 32.3 Å². The van der Waals surface area contributed by atoms with Crippen LogP contribution in [0, 0.1) is 6.92 Å². The third-order valence-corrected chi connectivity index (χ3v) is 6.02.